The number of nitriles is 1. The monoisotopic (exact) mass is 216 g/mol. The molecule has 0 bridgehead atoms. The summed E-state index contributed by atoms with van der Waals surface area (Å²) in [5.41, 5.74) is -0.739. The lowest BCUT2D eigenvalue weighted by Crippen LogP contribution is -2.18. The Labute approximate surface area is 81.9 Å². The summed E-state index contributed by atoms with van der Waals surface area (Å²) in [5, 5.41) is 8.49. The van der Waals surface area contributed by atoms with Crippen molar-refractivity contribution in [1.29, 1.82) is 5.26 Å². The lowest BCUT2D eigenvalue weighted by molar-refractivity contribution is -0.274. The first-order chi connectivity index (χ1) is 6.98. The van der Waals surface area contributed by atoms with E-state index in [2.05, 4.69) is 9.72 Å². The summed E-state index contributed by atoms with van der Waals surface area (Å²) in [5.74, 6) is -0.781. The van der Waals surface area contributed by atoms with Gasteiger partial charge in [-0.2, -0.15) is 5.26 Å². The summed E-state index contributed by atoms with van der Waals surface area (Å²) in [6, 6.07) is 1.53. The number of halogens is 3. The molecule has 1 aromatic heterocycles. The molecule has 0 amide bonds. The molecule has 0 saturated heterocycles. The Bertz CT molecular complexity index is 423. The van der Waals surface area contributed by atoms with E-state index in [0.29, 0.717) is 0 Å². The van der Waals surface area contributed by atoms with Crippen molar-refractivity contribution in [2.75, 3.05) is 0 Å². The molecule has 0 aliphatic heterocycles. The molecule has 0 unspecified atom stereocenters. The van der Waals surface area contributed by atoms with Crippen molar-refractivity contribution in [2.45, 2.75) is 6.36 Å². The smallest absolute Gasteiger partial charge is 0.403 e. The third kappa shape index (κ3) is 2.67. The third-order valence-corrected chi connectivity index (χ3v) is 1.42. The normalized spacial score (nSPS) is 10.5. The second-order valence-electron chi connectivity index (χ2n) is 2.38. The molecule has 0 aliphatic carbocycles. The van der Waals surface area contributed by atoms with Crippen molar-refractivity contribution >= 4 is 6.29 Å². The zero-order valence-electron chi connectivity index (χ0n) is 7.08. The molecule has 0 saturated carbocycles. The fraction of sp³-hybridized carbons (Fsp3) is 0.125. The van der Waals surface area contributed by atoms with Crippen molar-refractivity contribution in [3.05, 3.63) is 23.5 Å². The zero-order chi connectivity index (χ0) is 11.5. The molecule has 78 valence electrons. The third-order valence-electron chi connectivity index (χ3n) is 1.42. The average molecular weight is 216 g/mol. The van der Waals surface area contributed by atoms with Gasteiger partial charge in [-0.3, -0.25) is 9.78 Å². The van der Waals surface area contributed by atoms with E-state index in [1.807, 2.05) is 0 Å². The van der Waals surface area contributed by atoms with Gasteiger partial charge in [-0.25, -0.2) is 0 Å². The van der Waals surface area contributed by atoms with E-state index in [0.717, 1.165) is 12.4 Å². The maximum Gasteiger partial charge on any atom is 0.573 e. The van der Waals surface area contributed by atoms with Crippen LogP contribution in [0.25, 0.3) is 0 Å². The lowest BCUT2D eigenvalue weighted by atomic mass is 10.1. The molecule has 0 fully saturated rings. The Morgan fingerprint density at radius 1 is 1.47 bits per heavy atom. The van der Waals surface area contributed by atoms with Crippen molar-refractivity contribution in [3.63, 3.8) is 0 Å². The highest BCUT2D eigenvalue weighted by atomic mass is 19.4. The second-order valence-corrected chi connectivity index (χ2v) is 2.38. The summed E-state index contributed by atoms with van der Waals surface area (Å²) in [6.45, 7) is 0. The summed E-state index contributed by atoms with van der Waals surface area (Å²) in [6.07, 6.45) is -3.11. The van der Waals surface area contributed by atoms with Crippen LogP contribution in [0.3, 0.4) is 0 Å². The van der Waals surface area contributed by atoms with E-state index in [4.69, 9.17) is 5.26 Å². The number of carbonyl (C=O) groups is 1. The van der Waals surface area contributed by atoms with Crippen LogP contribution in [0.2, 0.25) is 0 Å². The quantitative estimate of drug-likeness (QED) is 0.705. The molecule has 0 N–H and O–H groups in total. The Kier molecular flexibility index (Phi) is 2.90. The van der Waals surface area contributed by atoms with Gasteiger partial charge in [0.1, 0.15) is 6.07 Å². The molecule has 7 heteroatoms. The number of carbonyl (C=O) groups excluding carboxylic acids is 1. The number of hydrogen-bond donors (Lipinski definition) is 0. The van der Waals surface area contributed by atoms with Crippen LogP contribution >= 0.6 is 0 Å². The van der Waals surface area contributed by atoms with E-state index in [-0.39, 0.29) is 11.8 Å². The van der Waals surface area contributed by atoms with Crippen LogP contribution in [0, 0.1) is 11.3 Å². The molecule has 1 rings (SSSR count). The number of aromatic nitrogens is 1. The first-order valence-electron chi connectivity index (χ1n) is 3.57. The van der Waals surface area contributed by atoms with E-state index < -0.39 is 17.7 Å². The summed E-state index contributed by atoms with van der Waals surface area (Å²) in [7, 11) is 0. The fourth-order valence-corrected chi connectivity index (χ4v) is 0.868. The van der Waals surface area contributed by atoms with Crippen LogP contribution in [-0.2, 0) is 0 Å². The molecule has 0 aliphatic rings. The topological polar surface area (TPSA) is 63.0 Å². The predicted molar refractivity (Wildman–Crippen MR) is 41.0 cm³/mol. The number of pyridine rings is 1. The molecule has 0 atom stereocenters. The number of rotatable bonds is 2. The molecule has 0 spiro atoms. The lowest BCUT2D eigenvalue weighted by Gasteiger charge is -2.10. The molecular formula is C8H3F3N2O2. The van der Waals surface area contributed by atoms with Crippen molar-refractivity contribution in [1.82, 2.24) is 4.98 Å². The fourth-order valence-electron chi connectivity index (χ4n) is 0.868. The van der Waals surface area contributed by atoms with Gasteiger partial charge >= 0.3 is 6.36 Å². The molecule has 4 nitrogen and oxygen atoms in total. The van der Waals surface area contributed by atoms with Gasteiger partial charge in [0.05, 0.1) is 17.3 Å². The van der Waals surface area contributed by atoms with Gasteiger partial charge in [0.25, 0.3) is 0 Å². The number of aldehydes is 1. The van der Waals surface area contributed by atoms with Crippen LogP contribution in [0.5, 0.6) is 5.75 Å². The van der Waals surface area contributed by atoms with Crippen molar-refractivity contribution in [2.24, 2.45) is 0 Å². The minimum atomic E-state index is -4.92. The van der Waals surface area contributed by atoms with E-state index >= 15 is 0 Å². The number of nitrogens with zero attached hydrogens (tertiary/aromatic N) is 2. The van der Waals surface area contributed by atoms with E-state index in [1.165, 1.54) is 6.07 Å². The van der Waals surface area contributed by atoms with Gasteiger partial charge in [-0.05, 0) is 0 Å². The van der Waals surface area contributed by atoms with Crippen molar-refractivity contribution in [3.8, 4) is 11.8 Å². The highest BCUT2D eigenvalue weighted by molar-refractivity contribution is 5.82. The van der Waals surface area contributed by atoms with Crippen LogP contribution < -0.4 is 4.74 Å². The van der Waals surface area contributed by atoms with E-state index in [9.17, 15) is 18.0 Å². The first kappa shape index (κ1) is 11.0. The maximum absolute atomic E-state index is 11.8. The van der Waals surface area contributed by atoms with E-state index in [1.54, 1.807) is 0 Å². The van der Waals surface area contributed by atoms with Crippen molar-refractivity contribution < 1.29 is 22.7 Å². The predicted octanol–water partition coefficient (Wildman–Crippen LogP) is 1.66. The highest BCUT2D eigenvalue weighted by Crippen LogP contribution is 2.26. The van der Waals surface area contributed by atoms with Gasteiger partial charge < -0.3 is 4.74 Å². The van der Waals surface area contributed by atoms with Gasteiger partial charge in [-0.1, -0.05) is 0 Å². The van der Waals surface area contributed by atoms with Crippen LogP contribution in [0.15, 0.2) is 12.4 Å². The number of hydrogen-bond acceptors (Lipinski definition) is 4. The Morgan fingerprint density at radius 2 is 2.13 bits per heavy atom. The van der Waals surface area contributed by atoms with Crippen LogP contribution in [-0.4, -0.2) is 17.6 Å². The highest BCUT2D eigenvalue weighted by Gasteiger charge is 2.32. The van der Waals surface area contributed by atoms with Gasteiger partial charge in [-0.15, -0.1) is 13.2 Å². The Morgan fingerprint density at radius 3 is 2.60 bits per heavy atom. The summed E-state index contributed by atoms with van der Waals surface area (Å²) in [4.78, 5) is 13.8. The SMILES string of the molecule is N#Cc1cncc(OC(F)(F)F)c1C=O. The van der Waals surface area contributed by atoms with Crippen LogP contribution in [0.4, 0.5) is 13.2 Å². The van der Waals surface area contributed by atoms with Gasteiger partial charge in [0, 0.05) is 6.20 Å². The minimum absolute atomic E-state index is 0.112. The largest absolute Gasteiger partial charge is 0.573 e. The van der Waals surface area contributed by atoms with Crippen LogP contribution in [0.1, 0.15) is 15.9 Å². The van der Waals surface area contributed by atoms with Gasteiger partial charge in [0.2, 0.25) is 0 Å². The molecule has 15 heavy (non-hydrogen) atoms. The minimum Gasteiger partial charge on any atom is -0.403 e. The number of alkyl halides is 3. The maximum atomic E-state index is 11.8. The second kappa shape index (κ2) is 3.96. The Balaban J connectivity index is 3.19. The average Bonchev–Trinajstić information content (AvgIpc) is 2.15. The first-order valence-corrected chi connectivity index (χ1v) is 3.57. The standard InChI is InChI=1S/C8H3F3N2O2/c9-8(10,11)15-7-3-13-2-5(1-12)6(7)4-14/h2-4H. The van der Waals surface area contributed by atoms with Gasteiger partial charge in [0.15, 0.2) is 12.0 Å². The Hall–Kier alpha value is -2.10. The molecule has 1 aromatic rings. The zero-order valence-corrected chi connectivity index (χ0v) is 7.08. The summed E-state index contributed by atoms with van der Waals surface area (Å²) >= 11 is 0. The summed E-state index contributed by atoms with van der Waals surface area (Å²) < 4.78 is 39.1. The molecular weight excluding hydrogens is 213 g/mol. The molecule has 1 heterocycles. The molecule has 0 radical (unpaired) electrons. The molecule has 0 aromatic carbocycles. The number of ether oxygens (including phenoxy) is 1.